The number of hydrogen-bond donors (Lipinski definition) is 2. The molecular formula is C42H36BrF10N2NaO6S2. The summed E-state index contributed by atoms with van der Waals surface area (Å²) in [4.78, 5) is -1.74. The Kier molecular flexibility index (Phi) is 24.2. The Bertz CT molecular complexity index is 2390. The molecule has 2 unspecified atom stereocenters. The van der Waals surface area contributed by atoms with E-state index < -0.39 is 88.2 Å². The standard InChI is InChI=1S/2C15H17N.2C6HF5O3S.BrH.Na/c2*1-2-16(15-11-7-4-8-12-15)13-14-9-5-3-6-10-14;2*7-1-2(8)4(10)6(15(12,13)14)5(11)3(1)9;;/h2*3-12H,2,13H2,1H3;2*(H,12,13,14);1H;/q;;;;;+1/p-1. The van der Waals surface area contributed by atoms with Gasteiger partial charge < -0.3 is 26.1 Å². The molecule has 0 bridgehead atoms. The van der Waals surface area contributed by atoms with Crippen molar-refractivity contribution in [3.63, 3.8) is 0 Å². The topological polar surface area (TPSA) is 123 Å². The van der Waals surface area contributed by atoms with Gasteiger partial charge in [-0.25, -0.2) is 60.7 Å². The van der Waals surface area contributed by atoms with E-state index in [1.807, 2.05) is 0 Å². The number of benzene rings is 6. The zero-order chi connectivity index (χ0) is 46.4. The summed E-state index contributed by atoms with van der Waals surface area (Å²) in [6, 6.07) is 42.7. The largest absolute Gasteiger partial charge is 1.00 e. The molecule has 0 spiro atoms. The molecule has 2 N–H and O–H groups in total. The van der Waals surface area contributed by atoms with Crippen molar-refractivity contribution in [1.29, 1.82) is 0 Å². The van der Waals surface area contributed by atoms with Crippen molar-refractivity contribution >= 4 is 31.6 Å². The Morgan fingerprint density at radius 3 is 0.797 bits per heavy atom. The predicted octanol–water partition coefficient (Wildman–Crippen LogP) is 1.43. The average Bonchev–Trinajstić information content (AvgIpc) is 3.25. The molecule has 64 heavy (non-hydrogen) atoms. The van der Waals surface area contributed by atoms with Crippen LogP contribution in [0.15, 0.2) is 131 Å². The molecule has 0 amide bonds. The summed E-state index contributed by atoms with van der Waals surface area (Å²) in [7, 11) is -11.5. The van der Waals surface area contributed by atoms with Gasteiger partial charge >= 0.3 is 29.6 Å². The molecule has 22 heteroatoms. The first kappa shape index (κ1) is 57.9. The molecule has 0 saturated carbocycles. The van der Waals surface area contributed by atoms with E-state index in [0.717, 1.165) is 26.2 Å². The number of halogens is 11. The smallest absolute Gasteiger partial charge is 1.00 e. The fourth-order valence-corrected chi connectivity index (χ4v) is 6.74. The fourth-order valence-electron chi connectivity index (χ4n) is 5.50. The van der Waals surface area contributed by atoms with Gasteiger partial charge in [0.05, 0.1) is 13.1 Å². The Labute approximate surface area is 395 Å². The van der Waals surface area contributed by atoms with Crippen LogP contribution < -0.4 is 56.3 Å². The van der Waals surface area contributed by atoms with E-state index in [1.54, 1.807) is 0 Å². The second kappa shape index (κ2) is 26.7. The molecule has 0 aliphatic carbocycles. The Balaban J connectivity index is 0.000000423. The van der Waals surface area contributed by atoms with Gasteiger partial charge in [0.2, 0.25) is 11.6 Å². The Morgan fingerprint density at radius 2 is 0.594 bits per heavy atom. The molecule has 0 aliphatic heterocycles. The zero-order valence-electron chi connectivity index (χ0n) is 33.8. The molecule has 6 aromatic carbocycles. The van der Waals surface area contributed by atoms with E-state index in [4.69, 9.17) is 0 Å². The van der Waals surface area contributed by atoms with E-state index in [0.29, 0.717) is 0 Å². The first-order chi connectivity index (χ1) is 29.1. The van der Waals surface area contributed by atoms with Crippen LogP contribution in [-0.2, 0) is 33.3 Å². The first-order valence-corrected chi connectivity index (χ1v) is 20.8. The van der Waals surface area contributed by atoms with Crippen molar-refractivity contribution in [3.8, 4) is 0 Å². The molecular weight excluding hydrogens is 985 g/mol. The van der Waals surface area contributed by atoms with Crippen LogP contribution in [0, 0.1) is 58.2 Å². The van der Waals surface area contributed by atoms with Crippen LogP contribution in [0.25, 0.3) is 0 Å². The van der Waals surface area contributed by atoms with Crippen LogP contribution in [0.5, 0.6) is 0 Å². The van der Waals surface area contributed by atoms with E-state index in [-0.39, 0.29) is 46.5 Å². The van der Waals surface area contributed by atoms with Crippen molar-refractivity contribution < 1.29 is 126 Å². The molecule has 340 valence electrons. The van der Waals surface area contributed by atoms with Gasteiger partial charge in [0.25, 0.3) is 0 Å². The number of para-hydroxylation sites is 2. The van der Waals surface area contributed by atoms with E-state index in [9.17, 15) is 69.8 Å². The van der Waals surface area contributed by atoms with Crippen molar-refractivity contribution in [2.24, 2.45) is 0 Å². The van der Waals surface area contributed by atoms with Crippen LogP contribution >= 0.6 is 0 Å². The predicted molar refractivity (Wildman–Crippen MR) is 204 cm³/mol. The van der Waals surface area contributed by atoms with Gasteiger partial charge in [0, 0.05) is 11.1 Å². The summed E-state index contributed by atoms with van der Waals surface area (Å²) in [5.74, 6) is -25.7. The molecule has 2 atom stereocenters. The van der Waals surface area contributed by atoms with Gasteiger partial charge in [-0.15, -0.1) is 0 Å². The van der Waals surface area contributed by atoms with Gasteiger partial charge in [0.1, 0.15) is 54.5 Å². The SMILES string of the molecule is CC[NH+](Cc1ccccc1)c1ccccc1.CC[NH+](Cc1ccccc1)c1ccccc1.O=S(=O)([O-])c1c(F)c(F)c(F)c(F)c1F.O=S(=O)([O-])c1c(F)c(F)c(F)c(F)c1F.[Br-].[Na+]. The van der Waals surface area contributed by atoms with Crippen molar-refractivity contribution in [2.75, 3.05) is 13.1 Å². The molecule has 8 nitrogen and oxygen atoms in total. The van der Waals surface area contributed by atoms with Crippen LogP contribution in [0.4, 0.5) is 55.3 Å². The first-order valence-electron chi connectivity index (χ1n) is 18.0. The number of quaternary nitrogens is 2. The second-order valence-corrected chi connectivity index (χ2v) is 15.3. The van der Waals surface area contributed by atoms with Crippen LogP contribution in [0.3, 0.4) is 0 Å². The molecule has 6 aromatic rings. The van der Waals surface area contributed by atoms with Gasteiger partial charge in [-0.2, -0.15) is 0 Å². The third kappa shape index (κ3) is 16.1. The quantitative estimate of drug-likeness (QED) is 0.0705. The second-order valence-electron chi connectivity index (χ2n) is 12.7. The maximum absolute atomic E-state index is 12.6. The molecule has 0 fully saturated rings. The Morgan fingerprint density at radius 1 is 0.391 bits per heavy atom. The Hall–Kier alpha value is -4.16. The van der Waals surface area contributed by atoms with E-state index in [2.05, 4.69) is 135 Å². The molecule has 0 heterocycles. The molecule has 6 rings (SSSR count). The van der Waals surface area contributed by atoms with Crippen LogP contribution in [-0.4, -0.2) is 39.0 Å². The molecule has 0 aromatic heterocycles. The average molecular weight is 1020 g/mol. The summed E-state index contributed by atoms with van der Waals surface area (Å²) < 4.78 is 186. The van der Waals surface area contributed by atoms with E-state index >= 15 is 0 Å². The number of hydrogen-bond acceptors (Lipinski definition) is 6. The number of rotatable bonds is 10. The van der Waals surface area contributed by atoms with Gasteiger partial charge in [-0.3, -0.25) is 9.80 Å². The minimum Gasteiger partial charge on any atom is -1.00 e. The summed E-state index contributed by atoms with van der Waals surface area (Å²) in [6.45, 7) is 8.79. The molecule has 0 radical (unpaired) electrons. The minimum absolute atomic E-state index is 0. The normalized spacial score (nSPS) is 11.7. The number of nitrogens with one attached hydrogen (secondary N) is 2. The van der Waals surface area contributed by atoms with Crippen molar-refractivity contribution in [2.45, 2.75) is 36.7 Å². The van der Waals surface area contributed by atoms with Crippen molar-refractivity contribution in [3.05, 3.63) is 191 Å². The summed E-state index contributed by atoms with van der Waals surface area (Å²) in [5.41, 5.74) is 5.52. The monoisotopic (exact) mass is 1020 g/mol. The third-order valence-electron chi connectivity index (χ3n) is 8.58. The van der Waals surface area contributed by atoms with Gasteiger partial charge in [-0.05, 0) is 38.1 Å². The summed E-state index contributed by atoms with van der Waals surface area (Å²) in [5, 5.41) is 0. The summed E-state index contributed by atoms with van der Waals surface area (Å²) in [6.07, 6.45) is 0. The molecule has 0 aliphatic rings. The van der Waals surface area contributed by atoms with Gasteiger partial charge in [-0.1, -0.05) is 97.1 Å². The maximum Gasteiger partial charge on any atom is 1.00 e. The fraction of sp³-hybridized carbons (Fsp3) is 0.143. The molecule has 0 saturated heterocycles. The van der Waals surface area contributed by atoms with Crippen LogP contribution in [0.1, 0.15) is 25.0 Å². The van der Waals surface area contributed by atoms with Crippen LogP contribution in [0.2, 0.25) is 0 Å². The minimum atomic E-state index is -5.77. The third-order valence-corrected chi connectivity index (χ3v) is 10.3. The maximum atomic E-state index is 12.6. The van der Waals surface area contributed by atoms with Gasteiger partial charge in [0.15, 0.2) is 46.5 Å². The van der Waals surface area contributed by atoms with E-state index in [1.165, 1.54) is 32.3 Å². The summed E-state index contributed by atoms with van der Waals surface area (Å²) >= 11 is 0. The van der Waals surface area contributed by atoms with Crippen molar-refractivity contribution in [1.82, 2.24) is 0 Å². The zero-order valence-corrected chi connectivity index (χ0v) is 39.0.